The fraction of sp³-hybridized carbons (Fsp3) is 0.0800. The largest absolute Gasteiger partial charge is 0.496 e. The van der Waals surface area contributed by atoms with Crippen molar-refractivity contribution in [2.75, 3.05) is 7.11 Å². The molecule has 0 fully saturated rings. The Kier molecular flexibility index (Phi) is 8.06. The molecular weight excluding hydrogens is 520 g/mol. The zero-order chi connectivity index (χ0) is 26.4. The van der Waals surface area contributed by atoms with Crippen LogP contribution in [0, 0.1) is 10.1 Å². The summed E-state index contributed by atoms with van der Waals surface area (Å²) in [7, 11) is 1.52. The summed E-state index contributed by atoms with van der Waals surface area (Å²) in [5, 5.41) is 28.2. The number of aromatic nitrogens is 3. The highest BCUT2D eigenvalue weighted by atomic mass is 35.5. The molecule has 1 aromatic heterocycles. The van der Waals surface area contributed by atoms with Gasteiger partial charge in [-0.05, 0) is 59.8 Å². The van der Waals surface area contributed by atoms with Crippen molar-refractivity contribution in [1.29, 1.82) is 0 Å². The van der Waals surface area contributed by atoms with Crippen LogP contribution >= 0.6 is 23.4 Å². The Hall–Kier alpha value is -4.35. The van der Waals surface area contributed by atoms with E-state index in [9.17, 15) is 20.0 Å². The van der Waals surface area contributed by atoms with E-state index in [1.807, 2.05) is 0 Å². The Balaban J connectivity index is 1.54. The summed E-state index contributed by atoms with van der Waals surface area (Å²) in [5.74, 6) is 0.185. The Labute approximate surface area is 220 Å². The van der Waals surface area contributed by atoms with Crippen molar-refractivity contribution >= 4 is 41.1 Å². The molecule has 0 saturated carbocycles. The number of hydrogen-bond acceptors (Lipinski definition) is 8. The number of ether oxygens (including phenoxy) is 2. The number of hydrogen-bond donors (Lipinski definition) is 2. The summed E-state index contributed by atoms with van der Waals surface area (Å²) < 4.78 is 11.2. The van der Waals surface area contributed by atoms with E-state index in [-0.39, 0.29) is 22.4 Å². The third-order valence-electron chi connectivity index (χ3n) is 5.04. The summed E-state index contributed by atoms with van der Waals surface area (Å²) in [6, 6.07) is 18.0. The molecule has 0 atom stereocenters. The molecule has 0 aliphatic heterocycles. The number of rotatable bonds is 10. The molecule has 4 aromatic rings. The molecule has 3 aromatic carbocycles. The van der Waals surface area contributed by atoms with E-state index in [4.69, 9.17) is 21.1 Å². The smallest absolute Gasteiger partial charge is 0.342 e. The highest BCUT2D eigenvalue weighted by Crippen LogP contribution is 2.33. The lowest BCUT2D eigenvalue weighted by Gasteiger charge is -2.10. The molecule has 2 N–H and O–H groups in total. The molecule has 37 heavy (non-hydrogen) atoms. The van der Waals surface area contributed by atoms with Crippen molar-refractivity contribution < 1.29 is 24.3 Å². The number of carboxylic acid groups (broad SMARTS) is 1. The standard InChI is InChI=1S/C25H19ClN4O6S/c1-35-21-11-8-17(26)13-19(21)23-27-25(29-28-23)37-22(24(31)32)12-16-4-2-3-5-20(16)36-14-15-6-9-18(10-7-15)30(33)34/h2-13H,14H2,1H3,(H,31,32)(H,27,28,29)/b22-12-. The number of non-ortho nitro benzene ring substituents is 1. The Morgan fingerprint density at radius 3 is 2.62 bits per heavy atom. The summed E-state index contributed by atoms with van der Waals surface area (Å²) in [6.45, 7) is 0.143. The van der Waals surface area contributed by atoms with Crippen LogP contribution in [0.1, 0.15) is 11.1 Å². The van der Waals surface area contributed by atoms with Gasteiger partial charge in [-0.1, -0.05) is 29.8 Å². The monoisotopic (exact) mass is 538 g/mol. The highest BCUT2D eigenvalue weighted by molar-refractivity contribution is 8.04. The minimum atomic E-state index is -1.16. The van der Waals surface area contributed by atoms with Crippen LogP contribution in [0.25, 0.3) is 17.5 Å². The van der Waals surface area contributed by atoms with Crippen molar-refractivity contribution in [3.05, 3.63) is 97.9 Å². The van der Waals surface area contributed by atoms with Gasteiger partial charge in [0, 0.05) is 22.7 Å². The highest BCUT2D eigenvalue weighted by Gasteiger charge is 2.17. The van der Waals surface area contributed by atoms with Gasteiger partial charge in [-0.15, -0.1) is 5.10 Å². The van der Waals surface area contributed by atoms with Crippen LogP contribution in [0.5, 0.6) is 11.5 Å². The minimum Gasteiger partial charge on any atom is -0.496 e. The van der Waals surface area contributed by atoms with E-state index in [2.05, 4.69) is 15.2 Å². The summed E-state index contributed by atoms with van der Waals surface area (Å²) in [5.41, 5.74) is 1.82. The average molecular weight is 539 g/mol. The Morgan fingerprint density at radius 1 is 1.16 bits per heavy atom. The number of methoxy groups -OCH3 is 1. The second-order valence-corrected chi connectivity index (χ2v) is 8.92. The molecule has 0 unspecified atom stereocenters. The van der Waals surface area contributed by atoms with E-state index in [0.717, 1.165) is 17.3 Å². The minimum absolute atomic E-state index is 0.0147. The fourth-order valence-corrected chi connectivity index (χ4v) is 4.13. The first-order valence-electron chi connectivity index (χ1n) is 10.7. The zero-order valence-corrected chi connectivity index (χ0v) is 20.8. The number of nitrogens with zero attached hydrogens (tertiary/aromatic N) is 3. The molecule has 188 valence electrons. The molecule has 12 heteroatoms. The van der Waals surface area contributed by atoms with Gasteiger partial charge in [-0.3, -0.25) is 15.2 Å². The number of halogens is 1. The topological polar surface area (TPSA) is 140 Å². The predicted molar refractivity (Wildman–Crippen MR) is 139 cm³/mol. The van der Waals surface area contributed by atoms with Crippen LogP contribution in [0.3, 0.4) is 0 Å². The van der Waals surface area contributed by atoms with Gasteiger partial charge in [-0.25, -0.2) is 9.78 Å². The van der Waals surface area contributed by atoms with Crippen molar-refractivity contribution in [1.82, 2.24) is 15.2 Å². The third-order valence-corrected chi connectivity index (χ3v) is 6.15. The molecule has 0 bridgehead atoms. The molecule has 0 amide bonds. The second kappa shape index (κ2) is 11.6. The van der Waals surface area contributed by atoms with Crippen LogP contribution in [0.4, 0.5) is 5.69 Å². The van der Waals surface area contributed by atoms with Gasteiger partial charge in [0.1, 0.15) is 23.0 Å². The molecule has 0 spiro atoms. The van der Waals surface area contributed by atoms with Crippen LogP contribution < -0.4 is 9.47 Å². The summed E-state index contributed by atoms with van der Waals surface area (Å²) >= 11 is 6.96. The van der Waals surface area contributed by atoms with Gasteiger partial charge in [-0.2, -0.15) is 0 Å². The van der Waals surface area contributed by atoms with Crippen LogP contribution in [-0.4, -0.2) is 38.3 Å². The van der Waals surface area contributed by atoms with E-state index in [1.165, 1.54) is 25.3 Å². The lowest BCUT2D eigenvalue weighted by atomic mass is 10.2. The first kappa shape index (κ1) is 25.7. The SMILES string of the molecule is COc1ccc(Cl)cc1-c1nc(S/C(=C\c2ccccc2OCc2ccc([N+](=O)[O-])cc2)C(=O)O)n[nH]1. The second-order valence-electron chi connectivity index (χ2n) is 7.48. The number of aliphatic carboxylic acids is 1. The fourth-order valence-electron chi connectivity index (χ4n) is 3.26. The van der Waals surface area contributed by atoms with E-state index in [1.54, 1.807) is 54.6 Å². The van der Waals surface area contributed by atoms with Gasteiger partial charge in [0.05, 0.1) is 17.6 Å². The van der Waals surface area contributed by atoms with Crippen molar-refractivity contribution in [3.8, 4) is 22.9 Å². The molecule has 4 rings (SSSR count). The van der Waals surface area contributed by atoms with E-state index < -0.39 is 10.9 Å². The van der Waals surface area contributed by atoms with Crippen LogP contribution in [0.2, 0.25) is 5.02 Å². The maximum absolute atomic E-state index is 12.0. The number of nitro groups is 1. The number of thioether (sulfide) groups is 1. The van der Waals surface area contributed by atoms with Crippen LogP contribution in [-0.2, 0) is 11.4 Å². The number of nitro benzene ring substituents is 1. The number of benzene rings is 3. The van der Waals surface area contributed by atoms with Crippen molar-refractivity contribution in [2.24, 2.45) is 0 Å². The first-order valence-corrected chi connectivity index (χ1v) is 11.9. The van der Waals surface area contributed by atoms with Gasteiger partial charge < -0.3 is 14.6 Å². The maximum atomic E-state index is 12.0. The molecule has 0 aliphatic rings. The zero-order valence-electron chi connectivity index (χ0n) is 19.3. The maximum Gasteiger partial charge on any atom is 0.342 e. The number of H-pyrrole nitrogens is 1. The predicted octanol–water partition coefficient (Wildman–Crippen LogP) is 5.84. The quantitative estimate of drug-likeness (QED) is 0.110. The van der Waals surface area contributed by atoms with E-state index >= 15 is 0 Å². The number of carboxylic acids is 1. The summed E-state index contributed by atoms with van der Waals surface area (Å²) in [6.07, 6.45) is 1.47. The van der Waals surface area contributed by atoms with Gasteiger partial charge in [0.2, 0.25) is 5.16 Å². The third kappa shape index (κ3) is 6.46. The molecule has 1 heterocycles. The Morgan fingerprint density at radius 2 is 1.92 bits per heavy atom. The Bertz CT molecular complexity index is 1470. The number of para-hydroxylation sites is 1. The summed E-state index contributed by atoms with van der Waals surface area (Å²) in [4.78, 5) is 26.7. The average Bonchev–Trinajstić information content (AvgIpc) is 3.36. The lowest BCUT2D eigenvalue weighted by molar-refractivity contribution is -0.384. The molecule has 0 aliphatic carbocycles. The molecule has 10 nitrogen and oxygen atoms in total. The molecule has 0 saturated heterocycles. The normalized spacial score (nSPS) is 11.2. The first-order chi connectivity index (χ1) is 17.8. The van der Waals surface area contributed by atoms with Gasteiger partial charge in [0.25, 0.3) is 5.69 Å². The molecule has 0 radical (unpaired) electrons. The van der Waals surface area contributed by atoms with Crippen LogP contribution in [0.15, 0.2) is 76.8 Å². The number of nitrogens with one attached hydrogen (secondary N) is 1. The van der Waals surface area contributed by atoms with Crippen molar-refractivity contribution in [2.45, 2.75) is 11.8 Å². The number of carbonyl (C=O) groups is 1. The van der Waals surface area contributed by atoms with E-state index in [0.29, 0.717) is 33.5 Å². The molecular formula is C25H19ClN4O6S. The van der Waals surface area contributed by atoms with Gasteiger partial charge >= 0.3 is 5.97 Å². The van der Waals surface area contributed by atoms with Gasteiger partial charge in [0.15, 0.2) is 5.82 Å². The van der Waals surface area contributed by atoms with Crippen molar-refractivity contribution in [3.63, 3.8) is 0 Å². The lowest BCUT2D eigenvalue weighted by Crippen LogP contribution is -2.00. The number of aromatic amines is 1.